The minimum Gasteiger partial charge on any atom is -0.489 e. The molecule has 0 atom stereocenters. The molecule has 0 N–H and O–H groups in total. The van der Waals surface area contributed by atoms with Crippen LogP contribution >= 0.6 is 39.1 Å². The maximum Gasteiger partial charge on any atom is 0.337 e. The minimum absolute atomic E-state index is 0.333. The topological polar surface area (TPSA) is 35.5 Å². The molecule has 0 aromatic heterocycles. The summed E-state index contributed by atoms with van der Waals surface area (Å²) in [6, 6.07) is 10.2. The summed E-state index contributed by atoms with van der Waals surface area (Å²) in [5.41, 5.74) is 1.37. The van der Waals surface area contributed by atoms with E-state index in [2.05, 4.69) is 20.7 Å². The van der Waals surface area contributed by atoms with Gasteiger partial charge in [0.05, 0.1) is 22.7 Å². The van der Waals surface area contributed by atoms with E-state index in [-0.39, 0.29) is 5.97 Å². The van der Waals surface area contributed by atoms with Gasteiger partial charge in [0.25, 0.3) is 0 Å². The predicted molar refractivity (Wildman–Crippen MR) is 86.3 cm³/mol. The molecule has 2 aromatic rings. The average molecular weight is 390 g/mol. The average Bonchev–Trinajstić information content (AvgIpc) is 2.48. The lowest BCUT2D eigenvalue weighted by atomic mass is 10.1. The van der Waals surface area contributed by atoms with Crippen LogP contribution in [-0.2, 0) is 11.3 Å². The van der Waals surface area contributed by atoms with E-state index in [0.717, 1.165) is 10.0 Å². The molecule has 0 fully saturated rings. The first kappa shape index (κ1) is 16.1. The largest absolute Gasteiger partial charge is 0.489 e. The molecule has 0 saturated heterocycles. The van der Waals surface area contributed by atoms with Gasteiger partial charge in [-0.1, -0.05) is 45.2 Å². The van der Waals surface area contributed by atoms with Crippen molar-refractivity contribution in [1.29, 1.82) is 0 Å². The summed E-state index contributed by atoms with van der Waals surface area (Å²) >= 11 is 15.2. The third-order valence-corrected chi connectivity index (χ3v) is 4.24. The molecule has 6 heteroatoms. The van der Waals surface area contributed by atoms with Crippen molar-refractivity contribution in [3.8, 4) is 5.75 Å². The fourth-order valence-corrected chi connectivity index (χ4v) is 2.42. The van der Waals surface area contributed by atoms with Crippen LogP contribution in [0.15, 0.2) is 40.9 Å². The second-order valence-electron chi connectivity index (χ2n) is 4.16. The van der Waals surface area contributed by atoms with Gasteiger partial charge in [-0.25, -0.2) is 4.79 Å². The zero-order valence-electron chi connectivity index (χ0n) is 11.0. The summed E-state index contributed by atoms with van der Waals surface area (Å²) < 4.78 is 11.1. The van der Waals surface area contributed by atoms with Gasteiger partial charge in [0, 0.05) is 16.1 Å². The van der Waals surface area contributed by atoms with Crippen molar-refractivity contribution in [1.82, 2.24) is 0 Å². The number of carbonyl (C=O) groups is 1. The zero-order chi connectivity index (χ0) is 15.4. The van der Waals surface area contributed by atoms with E-state index in [1.165, 1.54) is 7.11 Å². The molecule has 3 nitrogen and oxygen atoms in total. The van der Waals surface area contributed by atoms with Crippen LogP contribution in [0.3, 0.4) is 0 Å². The summed E-state index contributed by atoms with van der Waals surface area (Å²) in [4.78, 5) is 11.4. The van der Waals surface area contributed by atoms with Gasteiger partial charge in [-0.2, -0.15) is 0 Å². The molecule has 0 aliphatic rings. The smallest absolute Gasteiger partial charge is 0.337 e. The van der Waals surface area contributed by atoms with Crippen molar-refractivity contribution in [3.63, 3.8) is 0 Å². The molecular weight excluding hydrogens is 379 g/mol. The summed E-state index contributed by atoms with van der Waals surface area (Å²) in [5.74, 6) is 0.237. The highest BCUT2D eigenvalue weighted by atomic mass is 79.9. The Morgan fingerprint density at radius 3 is 2.52 bits per heavy atom. The number of methoxy groups -OCH3 is 1. The molecule has 0 aliphatic carbocycles. The van der Waals surface area contributed by atoms with Crippen LogP contribution in [0.4, 0.5) is 0 Å². The van der Waals surface area contributed by atoms with Gasteiger partial charge >= 0.3 is 5.97 Å². The van der Waals surface area contributed by atoms with Gasteiger partial charge < -0.3 is 9.47 Å². The molecule has 0 heterocycles. The second kappa shape index (κ2) is 7.16. The van der Waals surface area contributed by atoms with Crippen molar-refractivity contribution in [3.05, 3.63) is 62.0 Å². The van der Waals surface area contributed by atoms with Crippen molar-refractivity contribution >= 4 is 45.1 Å². The van der Waals surface area contributed by atoms with Gasteiger partial charge in [0.1, 0.15) is 12.4 Å². The van der Waals surface area contributed by atoms with Crippen LogP contribution in [0.25, 0.3) is 0 Å². The molecule has 0 radical (unpaired) electrons. The first-order valence-corrected chi connectivity index (χ1v) is 7.50. The monoisotopic (exact) mass is 388 g/mol. The molecule has 0 bridgehead atoms. The van der Waals surface area contributed by atoms with E-state index in [1.54, 1.807) is 36.4 Å². The van der Waals surface area contributed by atoms with Crippen LogP contribution in [0.5, 0.6) is 5.75 Å². The highest BCUT2D eigenvalue weighted by Gasteiger charge is 2.09. The van der Waals surface area contributed by atoms with E-state index in [0.29, 0.717) is 28.0 Å². The highest BCUT2D eigenvalue weighted by molar-refractivity contribution is 9.10. The zero-order valence-corrected chi connectivity index (χ0v) is 14.1. The fourth-order valence-electron chi connectivity index (χ4n) is 1.64. The van der Waals surface area contributed by atoms with Gasteiger partial charge in [-0.05, 0) is 24.3 Å². The van der Waals surface area contributed by atoms with Crippen LogP contribution in [0.1, 0.15) is 15.9 Å². The number of hydrogen-bond acceptors (Lipinski definition) is 3. The Balaban J connectivity index is 2.09. The third kappa shape index (κ3) is 4.13. The lowest BCUT2D eigenvalue weighted by Crippen LogP contribution is -2.03. The van der Waals surface area contributed by atoms with Crippen LogP contribution in [0.2, 0.25) is 10.0 Å². The first-order valence-electron chi connectivity index (χ1n) is 5.96. The number of halogens is 3. The Morgan fingerprint density at radius 1 is 1.14 bits per heavy atom. The molecule has 0 spiro atoms. The molecule has 110 valence electrons. The van der Waals surface area contributed by atoms with Gasteiger partial charge in [0.2, 0.25) is 0 Å². The van der Waals surface area contributed by atoms with E-state index in [1.807, 2.05) is 0 Å². The molecule has 0 unspecified atom stereocenters. The van der Waals surface area contributed by atoms with Crippen LogP contribution < -0.4 is 4.74 Å². The van der Waals surface area contributed by atoms with Crippen molar-refractivity contribution in [2.24, 2.45) is 0 Å². The molecule has 0 saturated carbocycles. The number of esters is 1. The number of ether oxygens (including phenoxy) is 2. The summed E-state index contributed by atoms with van der Waals surface area (Å²) in [6.45, 7) is 0.333. The van der Waals surface area contributed by atoms with Crippen molar-refractivity contribution in [2.45, 2.75) is 6.61 Å². The highest BCUT2D eigenvalue weighted by Crippen LogP contribution is 2.27. The molecule has 2 rings (SSSR count). The number of rotatable bonds is 4. The van der Waals surface area contributed by atoms with E-state index >= 15 is 0 Å². The van der Waals surface area contributed by atoms with Crippen molar-refractivity contribution < 1.29 is 14.3 Å². The first-order chi connectivity index (χ1) is 10.0. The SMILES string of the molecule is COC(=O)c1ccc(COc2ccc(Cl)c(Cl)c2)c(Br)c1. The second-order valence-corrected chi connectivity index (χ2v) is 5.83. The lowest BCUT2D eigenvalue weighted by molar-refractivity contribution is 0.0600. The van der Waals surface area contributed by atoms with Crippen LogP contribution in [-0.4, -0.2) is 13.1 Å². The minimum atomic E-state index is -0.382. The molecular formula is C15H11BrCl2O3. The molecule has 0 aliphatic heterocycles. The third-order valence-electron chi connectivity index (χ3n) is 2.76. The Morgan fingerprint density at radius 2 is 1.90 bits per heavy atom. The number of hydrogen-bond donors (Lipinski definition) is 0. The van der Waals surface area contributed by atoms with E-state index < -0.39 is 0 Å². The Kier molecular flexibility index (Phi) is 5.51. The fraction of sp³-hybridized carbons (Fsp3) is 0.133. The van der Waals surface area contributed by atoms with Gasteiger partial charge in [0.15, 0.2) is 0 Å². The van der Waals surface area contributed by atoms with Crippen molar-refractivity contribution in [2.75, 3.05) is 7.11 Å². The van der Waals surface area contributed by atoms with Gasteiger partial charge in [-0.15, -0.1) is 0 Å². The van der Waals surface area contributed by atoms with E-state index in [9.17, 15) is 4.79 Å². The molecule has 0 amide bonds. The van der Waals surface area contributed by atoms with Crippen LogP contribution in [0, 0.1) is 0 Å². The predicted octanol–water partition coefficient (Wildman–Crippen LogP) is 5.12. The number of carbonyl (C=O) groups excluding carboxylic acids is 1. The lowest BCUT2D eigenvalue weighted by Gasteiger charge is -2.09. The Labute approximate surface area is 140 Å². The van der Waals surface area contributed by atoms with Gasteiger partial charge in [-0.3, -0.25) is 0 Å². The summed E-state index contributed by atoms with van der Waals surface area (Å²) in [5, 5.41) is 0.918. The Bertz CT molecular complexity index is 674. The standard InChI is InChI=1S/C15H11BrCl2O3/c1-20-15(19)9-2-3-10(12(16)6-9)8-21-11-4-5-13(17)14(18)7-11/h2-7H,8H2,1H3. The summed E-state index contributed by atoms with van der Waals surface area (Å²) in [6.07, 6.45) is 0. The molecule has 21 heavy (non-hydrogen) atoms. The quantitative estimate of drug-likeness (QED) is 0.680. The maximum atomic E-state index is 11.4. The molecule has 2 aromatic carbocycles. The number of benzene rings is 2. The van der Waals surface area contributed by atoms with E-state index in [4.69, 9.17) is 27.9 Å². The Hall–Kier alpha value is -1.23. The maximum absolute atomic E-state index is 11.4. The summed E-state index contributed by atoms with van der Waals surface area (Å²) in [7, 11) is 1.34. The normalized spacial score (nSPS) is 10.3.